The van der Waals surface area contributed by atoms with E-state index >= 15 is 0 Å². The molecule has 0 saturated heterocycles. The van der Waals surface area contributed by atoms with Crippen LogP contribution in [-0.4, -0.2) is 59.5 Å². The number of thiazole rings is 1. The summed E-state index contributed by atoms with van der Waals surface area (Å²) >= 11 is 1.46. The molecule has 0 saturated carbocycles. The van der Waals surface area contributed by atoms with Crippen LogP contribution in [0.4, 0.5) is 0 Å². The molecule has 1 atom stereocenters. The molecular formula is C13H21N3O3S. The highest BCUT2D eigenvalue weighted by Gasteiger charge is 2.15. The number of aromatic nitrogens is 1. The van der Waals surface area contributed by atoms with Crippen molar-refractivity contribution in [3.05, 3.63) is 16.1 Å². The van der Waals surface area contributed by atoms with E-state index in [1.807, 2.05) is 17.3 Å². The Morgan fingerprint density at radius 2 is 2.05 bits per heavy atom. The Kier molecular flexibility index (Phi) is 6.09. The van der Waals surface area contributed by atoms with Crippen molar-refractivity contribution < 1.29 is 14.7 Å². The van der Waals surface area contributed by atoms with Gasteiger partial charge < -0.3 is 10.0 Å². The first kappa shape index (κ1) is 16.6. The van der Waals surface area contributed by atoms with Crippen molar-refractivity contribution in [3.63, 3.8) is 0 Å². The maximum atomic E-state index is 11.6. The molecule has 1 unspecified atom stereocenters. The van der Waals surface area contributed by atoms with E-state index in [4.69, 9.17) is 5.11 Å². The first-order valence-electron chi connectivity index (χ1n) is 6.34. The van der Waals surface area contributed by atoms with Gasteiger partial charge in [-0.2, -0.15) is 0 Å². The molecule has 1 rings (SSSR count). The van der Waals surface area contributed by atoms with Crippen LogP contribution in [0.5, 0.6) is 0 Å². The molecule has 0 aromatic carbocycles. The molecule has 1 heterocycles. The molecule has 1 aromatic heterocycles. The molecule has 6 nitrogen and oxygen atoms in total. The van der Waals surface area contributed by atoms with Gasteiger partial charge in [0.05, 0.1) is 18.0 Å². The summed E-state index contributed by atoms with van der Waals surface area (Å²) in [5, 5.41) is 11.6. The van der Waals surface area contributed by atoms with Crippen LogP contribution in [0.1, 0.15) is 17.6 Å². The second-order valence-electron chi connectivity index (χ2n) is 5.13. The van der Waals surface area contributed by atoms with Gasteiger partial charge in [0, 0.05) is 32.6 Å². The van der Waals surface area contributed by atoms with E-state index in [9.17, 15) is 9.59 Å². The van der Waals surface area contributed by atoms with Gasteiger partial charge in [0.15, 0.2) is 0 Å². The fraction of sp³-hybridized carbons (Fsp3) is 0.615. The van der Waals surface area contributed by atoms with Crippen molar-refractivity contribution in [3.8, 4) is 0 Å². The van der Waals surface area contributed by atoms with Crippen molar-refractivity contribution in [1.82, 2.24) is 14.8 Å². The highest BCUT2D eigenvalue weighted by Crippen LogP contribution is 2.13. The van der Waals surface area contributed by atoms with Gasteiger partial charge in [-0.1, -0.05) is 6.92 Å². The Morgan fingerprint density at radius 1 is 1.40 bits per heavy atom. The summed E-state index contributed by atoms with van der Waals surface area (Å²) in [6.07, 6.45) is 0.312. The van der Waals surface area contributed by atoms with Gasteiger partial charge in [-0.25, -0.2) is 4.98 Å². The molecule has 0 aliphatic heterocycles. The minimum atomic E-state index is -0.799. The smallest absolute Gasteiger partial charge is 0.307 e. The number of aliphatic carboxylic acids is 1. The number of carbonyl (C=O) groups is 2. The van der Waals surface area contributed by atoms with Crippen molar-refractivity contribution in [2.24, 2.45) is 5.92 Å². The summed E-state index contributed by atoms with van der Waals surface area (Å²) in [5.41, 5.74) is 0.872. The molecule has 0 bridgehead atoms. The normalized spacial score (nSPS) is 12.4. The number of carbonyl (C=O) groups excluding carboxylic acids is 1. The molecule has 0 spiro atoms. The molecule has 7 heteroatoms. The highest BCUT2D eigenvalue weighted by molar-refractivity contribution is 7.09. The lowest BCUT2D eigenvalue weighted by molar-refractivity contribution is -0.141. The summed E-state index contributed by atoms with van der Waals surface area (Å²) in [5.74, 6) is -1.18. The van der Waals surface area contributed by atoms with E-state index in [1.165, 1.54) is 11.3 Å². The second-order valence-corrected chi connectivity index (χ2v) is 6.08. The molecule has 20 heavy (non-hydrogen) atoms. The summed E-state index contributed by atoms with van der Waals surface area (Å²) in [4.78, 5) is 30.2. The zero-order chi connectivity index (χ0) is 15.3. The lowest BCUT2D eigenvalue weighted by atomic mass is 10.2. The van der Waals surface area contributed by atoms with Crippen LogP contribution in [0.15, 0.2) is 5.38 Å². The number of nitrogens with zero attached hydrogens (tertiary/aromatic N) is 3. The summed E-state index contributed by atoms with van der Waals surface area (Å²) in [6, 6.07) is 0. The van der Waals surface area contributed by atoms with Gasteiger partial charge in [-0.15, -0.1) is 11.3 Å². The van der Waals surface area contributed by atoms with Crippen molar-refractivity contribution >= 4 is 23.2 Å². The van der Waals surface area contributed by atoms with Gasteiger partial charge >= 0.3 is 5.97 Å². The summed E-state index contributed by atoms with van der Waals surface area (Å²) < 4.78 is 0. The third kappa shape index (κ3) is 5.26. The number of hydrogen-bond acceptors (Lipinski definition) is 5. The highest BCUT2D eigenvalue weighted by atomic mass is 32.1. The third-order valence-corrected chi connectivity index (χ3v) is 3.74. The SMILES string of the molecule is CC(CN(C)Cc1csc(CC(=O)N(C)C)n1)C(=O)O. The van der Waals surface area contributed by atoms with Crippen LogP contribution in [0.2, 0.25) is 0 Å². The Balaban J connectivity index is 2.51. The number of amides is 1. The average Bonchev–Trinajstić information content (AvgIpc) is 2.75. The molecule has 0 aliphatic carbocycles. The molecule has 1 amide bonds. The molecule has 1 aromatic rings. The van der Waals surface area contributed by atoms with Gasteiger partial charge in [0.1, 0.15) is 5.01 Å². The van der Waals surface area contributed by atoms with Gasteiger partial charge in [0.25, 0.3) is 0 Å². The minimum Gasteiger partial charge on any atom is -0.481 e. The van der Waals surface area contributed by atoms with Crippen LogP contribution >= 0.6 is 11.3 Å². The second kappa shape index (κ2) is 7.35. The van der Waals surface area contributed by atoms with Gasteiger partial charge in [0.2, 0.25) is 5.91 Å². The lowest BCUT2D eigenvalue weighted by Gasteiger charge is -2.17. The predicted molar refractivity (Wildman–Crippen MR) is 77.6 cm³/mol. The largest absolute Gasteiger partial charge is 0.481 e. The van der Waals surface area contributed by atoms with Gasteiger partial charge in [-0.05, 0) is 7.05 Å². The Bertz CT molecular complexity index is 473. The van der Waals surface area contributed by atoms with Gasteiger partial charge in [-0.3, -0.25) is 14.5 Å². The summed E-state index contributed by atoms with van der Waals surface area (Å²) in [7, 11) is 5.30. The number of carboxylic acids is 1. The average molecular weight is 299 g/mol. The van der Waals surface area contributed by atoms with Crippen molar-refractivity contribution in [1.29, 1.82) is 0 Å². The zero-order valence-corrected chi connectivity index (χ0v) is 13.1. The molecule has 0 aliphatic rings. The number of likely N-dealkylation sites (N-methyl/N-ethyl adjacent to an activating group) is 1. The van der Waals surface area contributed by atoms with Crippen LogP contribution < -0.4 is 0 Å². The maximum Gasteiger partial charge on any atom is 0.307 e. The number of carboxylic acid groups (broad SMARTS) is 1. The van der Waals surface area contributed by atoms with Crippen molar-refractivity contribution in [2.45, 2.75) is 19.9 Å². The van der Waals surface area contributed by atoms with Crippen LogP contribution in [0.3, 0.4) is 0 Å². The van der Waals surface area contributed by atoms with E-state index in [0.717, 1.165) is 10.7 Å². The monoisotopic (exact) mass is 299 g/mol. The Labute approximate surface area is 123 Å². The fourth-order valence-electron chi connectivity index (χ4n) is 1.68. The molecule has 0 fully saturated rings. The standard InChI is InChI=1S/C13H21N3O3S/c1-9(13(18)19)6-16(4)7-10-8-20-11(14-10)5-12(17)15(2)3/h8-9H,5-7H2,1-4H3,(H,18,19). The Hall–Kier alpha value is -1.47. The van der Waals surface area contributed by atoms with E-state index in [2.05, 4.69) is 4.98 Å². The molecule has 0 radical (unpaired) electrons. The molecule has 112 valence electrons. The quantitative estimate of drug-likeness (QED) is 0.810. The minimum absolute atomic E-state index is 0.0266. The van der Waals surface area contributed by atoms with E-state index in [1.54, 1.807) is 25.9 Å². The lowest BCUT2D eigenvalue weighted by Crippen LogP contribution is -2.28. The topological polar surface area (TPSA) is 73.7 Å². The van der Waals surface area contributed by atoms with Crippen LogP contribution in [0.25, 0.3) is 0 Å². The number of hydrogen-bond donors (Lipinski definition) is 1. The van der Waals surface area contributed by atoms with Crippen LogP contribution in [0, 0.1) is 5.92 Å². The predicted octanol–water partition coefficient (Wildman–Crippen LogP) is 0.926. The van der Waals surface area contributed by atoms with Crippen LogP contribution in [-0.2, 0) is 22.6 Å². The maximum absolute atomic E-state index is 11.6. The fourth-order valence-corrected chi connectivity index (χ4v) is 2.45. The first-order valence-corrected chi connectivity index (χ1v) is 7.22. The zero-order valence-electron chi connectivity index (χ0n) is 12.3. The van der Waals surface area contributed by atoms with E-state index in [-0.39, 0.29) is 5.91 Å². The van der Waals surface area contributed by atoms with E-state index in [0.29, 0.717) is 19.5 Å². The first-order chi connectivity index (χ1) is 9.29. The third-order valence-electron chi connectivity index (χ3n) is 2.84. The number of rotatable bonds is 7. The van der Waals surface area contributed by atoms with E-state index < -0.39 is 11.9 Å². The Morgan fingerprint density at radius 3 is 2.60 bits per heavy atom. The molecular weight excluding hydrogens is 278 g/mol. The van der Waals surface area contributed by atoms with Crippen molar-refractivity contribution in [2.75, 3.05) is 27.7 Å². The molecule has 1 N–H and O–H groups in total. The summed E-state index contributed by atoms with van der Waals surface area (Å²) in [6.45, 7) is 2.74.